The number of hydrogen-bond acceptors (Lipinski definition) is 3. The minimum atomic E-state index is -0.228. The Bertz CT molecular complexity index is 344. The molecule has 1 N–H and O–H groups in total. The minimum Gasteiger partial charge on any atom is -0.303 e. The predicted octanol–water partition coefficient (Wildman–Crippen LogP) is 1.59. The number of nitrogens with zero attached hydrogens (tertiary/aromatic N) is 1. The summed E-state index contributed by atoms with van der Waals surface area (Å²) in [5, 5.41) is 3.31. The van der Waals surface area contributed by atoms with E-state index in [9.17, 15) is 9.59 Å². The van der Waals surface area contributed by atoms with Crippen LogP contribution in [0.2, 0.25) is 0 Å². The molecule has 0 spiro atoms. The molecule has 3 aliphatic rings. The van der Waals surface area contributed by atoms with Crippen molar-refractivity contribution in [3.8, 4) is 0 Å². The summed E-state index contributed by atoms with van der Waals surface area (Å²) in [6, 6.07) is 0.438. The van der Waals surface area contributed by atoms with Gasteiger partial charge in [-0.05, 0) is 25.7 Å². The number of carbonyl (C=O) groups is 2. The van der Waals surface area contributed by atoms with E-state index >= 15 is 0 Å². The molecule has 3 fully saturated rings. The largest absolute Gasteiger partial charge is 0.303 e. The average molecular weight is 250 g/mol. The number of rotatable bonds is 3. The summed E-state index contributed by atoms with van der Waals surface area (Å²) in [5.74, 6) is 0.0869. The van der Waals surface area contributed by atoms with Gasteiger partial charge in [0, 0.05) is 12.1 Å². The van der Waals surface area contributed by atoms with Crippen molar-refractivity contribution in [3.05, 3.63) is 0 Å². The van der Waals surface area contributed by atoms with Crippen molar-refractivity contribution < 1.29 is 9.59 Å². The Morgan fingerprint density at radius 3 is 2.22 bits per heavy atom. The molecular formula is C14H22N2O2. The Labute approximate surface area is 108 Å². The summed E-state index contributed by atoms with van der Waals surface area (Å²) in [6.07, 6.45) is 9.51. The van der Waals surface area contributed by atoms with Gasteiger partial charge in [-0.3, -0.25) is 14.5 Å². The molecule has 1 unspecified atom stereocenters. The maximum Gasteiger partial charge on any atom is 0.247 e. The monoisotopic (exact) mass is 250 g/mol. The molecule has 0 bridgehead atoms. The standard InChI is InChI=1S/C14H22N2O2/c17-13-9-12(15-10-7-8-10)14(18)16(13)11-5-3-1-2-4-6-11/h10-12,15H,1-9H2. The van der Waals surface area contributed by atoms with Gasteiger partial charge in [-0.2, -0.15) is 0 Å². The van der Waals surface area contributed by atoms with Gasteiger partial charge in [-0.15, -0.1) is 0 Å². The lowest BCUT2D eigenvalue weighted by molar-refractivity contribution is -0.141. The molecule has 1 heterocycles. The van der Waals surface area contributed by atoms with Crippen molar-refractivity contribution in [3.63, 3.8) is 0 Å². The Hall–Kier alpha value is -0.900. The van der Waals surface area contributed by atoms with Crippen LogP contribution in [-0.2, 0) is 9.59 Å². The SMILES string of the molecule is O=C1CC(NC2CC2)C(=O)N1C1CCCCCC1. The zero-order chi connectivity index (χ0) is 12.5. The number of likely N-dealkylation sites (tertiary alicyclic amines) is 1. The molecule has 4 heteroatoms. The van der Waals surface area contributed by atoms with Crippen LogP contribution in [0.5, 0.6) is 0 Å². The lowest BCUT2D eigenvalue weighted by Crippen LogP contribution is -2.44. The molecule has 100 valence electrons. The summed E-state index contributed by atoms with van der Waals surface area (Å²) in [6.45, 7) is 0. The molecule has 18 heavy (non-hydrogen) atoms. The van der Waals surface area contributed by atoms with E-state index in [1.165, 1.54) is 12.8 Å². The number of imide groups is 1. The molecule has 2 saturated carbocycles. The van der Waals surface area contributed by atoms with Gasteiger partial charge < -0.3 is 5.32 Å². The van der Waals surface area contributed by atoms with Gasteiger partial charge in [-0.25, -0.2) is 0 Å². The van der Waals surface area contributed by atoms with Crippen LogP contribution in [0.4, 0.5) is 0 Å². The molecule has 1 aliphatic heterocycles. The molecule has 2 aliphatic carbocycles. The first kappa shape index (κ1) is 12.2. The van der Waals surface area contributed by atoms with Crippen molar-refractivity contribution in [2.45, 2.75) is 75.9 Å². The van der Waals surface area contributed by atoms with E-state index in [1.54, 1.807) is 4.90 Å². The molecule has 0 aromatic rings. The fraction of sp³-hybridized carbons (Fsp3) is 0.857. The van der Waals surface area contributed by atoms with E-state index in [4.69, 9.17) is 0 Å². The van der Waals surface area contributed by atoms with Crippen LogP contribution in [-0.4, -0.2) is 34.8 Å². The fourth-order valence-electron chi connectivity index (χ4n) is 3.22. The van der Waals surface area contributed by atoms with Crippen LogP contribution in [0.3, 0.4) is 0 Å². The quantitative estimate of drug-likeness (QED) is 0.611. The van der Waals surface area contributed by atoms with Gasteiger partial charge >= 0.3 is 0 Å². The van der Waals surface area contributed by atoms with Crippen LogP contribution in [0.25, 0.3) is 0 Å². The molecule has 3 rings (SSSR count). The molecule has 0 aromatic heterocycles. The molecule has 1 saturated heterocycles. The Kier molecular flexibility index (Phi) is 3.37. The molecule has 0 aromatic carbocycles. The van der Waals surface area contributed by atoms with E-state index in [2.05, 4.69) is 5.32 Å². The first-order chi connectivity index (χ1) is 8.75. The van der Waals surface area contributed by atoms with Gasteiger partial charge in [0.1, 0.15) is 0 Å². The molecule has 4 nitrogen and oxygen atoms in total. The lowest BCUT2D eigenvalue weighted by atomic mass is 10.1. The summed E-state index contributed by atoms with van der Waals surface area (Å²) < 4.78 is 0. The topological polar surface area (TPSA) is 49.4 Å². The van der Waals surface area contributed by atoms with Crippen molar-refractivity contribution in [2.75, 3.05) is 0 Å². The van der Waals surface area contributed by atoms with E-state index in [0.29, 0.717) is 12.5 Å². The third-order valence-electron chi connectivity index (χ3n) is 4.39. The van der Waals surface area contributed by atoms with E-state index in [0.717, 1.165) is 38.5 Å². The number of hydrogen-bond donors (Lipinski definition) is 1. The highest BCUT2D eigenvalue weighted by Crippen LogP contribution is 2.28. The number of amides is 2. The maximum absolute atomic E-state index is 12.3. The van der Waals surface area contributed by atoms with E-state index in [-0.39, 0.29) is 23.9 Å². The van der Waals surface area contributed by atoms with E-state index < -0.39 is 0 Å². The summed E-state index contributed by atoms with van der Waals surface area (Å²) in [7, 11) is 0. The zero-order valence-electron chi connectivity index (χ0n) is 10.9. The first-order valence-electron chi connectivity index (χ1n) is 7.37. The van der Waals surface area contributed by atoms with Gasteiger partial charge in [0.15, 0.2) is 0 Å². The van der Waals surface area contributed by atoms with Crippen molar-refractivity contribution >= 4 is 11.8 Å². The predicted molar refractivity (Wildman–Crippen MR) is 67.9 cm³/mol. The lowest BCUT2D eigenvalue weighted by Gasteiger charge is -2.25. The van der Waals surface area contributed by atoms with Gasteiger partial charge in [0.2, 0.25) is 11.8 Å². The first-order valence-corrected chi connectivity index (χ1v) is 7.37. The molecule has 1 atom stereocenters. The summed E-state index contributed by atoms with van der Waals surface area (Å²) >= 11 is 0. The van der Waals surface area contributed by atoms with Gasteiger partial charge in [0.25, 0.3) is 0 Å². The second kappa shape index (κ2) is 5.00. The molecule has 2 amide bonds. The van der Waals surface area contributed by atoms with Crippen LogP contribution in [0, 0.1) is 0 Å². The smallest absolute Gasteiger partial charge is 0.247 e. The van der Waals surface area contributed by atoms with Gasteiger partial charge in [0.05, 0.1) is 12.5 Å². The fourth-order valence-corrected chi connectivity index (χ4v) is 3.22. The Balaban J connectivity index is 1.66. The third-order valence-corrected chi connectivity index (χ3v) is 4.39. The van der Waals surface area contributed by atoms with Crippen molar-refractivity contribution in [2.24, 2.45) is 0 Å². The highest BCUT2D eigenvalue weighted by Gasteiger charge is 2.43. The van der Waals surface area contributed by atoms with Crippen molar-refractivity contribution in [1.82, 2.24) is 10.2 Å². The summed E-state index contributed by atoms with van der Waals surface area (Å²) in [5.41, 5.74) is 0. The van der Waals surface area contributed by atoms with Crippen LogP contribution >= 0.6 is 0 Å². The minimum absolute atomic E-state index is 0.0406. The second-order valence-electron chi connectivity index (χ2n) is 5.95. The number of carbonyl (C=O) groups excluding carboxylic acids is 2. The van der Waals surface area contributed by atoms with Crippen LogP contribution in [0.15, 0.2) is 0 Å². The molecule has 0 radical (unpaired) electrons. The van der Waals surface area contributed by atoms with Crippen LogP contribution < -0.4 is 5.32 Å². The number of nitrogens with one attached hydrogen (secondary N) is 1. The van der Waals surface area contributed by atoms with E-state index in [1.807, 2.05) is 0 Å². The third kappa shape index (κ3) is 2.44. The average Bonchev–Trinajstić information content (AvgIpc) is 3.12. The second-order valence-corrected chi connectivity index (χ2v) is 5.95. The molecular weight excluding hydrogens is 228 g/mol. The van der Waals surface area contributed by atoms with Gasteiger partial charge in [-0.1, -0.05) is 25.7 Å². The van der Waals surface area contributed by atoms with Crippen LogP contribution in [0.1, 0.15) is 57.8 Å². The Morgan fingerprint density at radius 1 is 0.944 bits per heavy atom. The highest BCUT2D eigenvalue weighted by atomic mass is 16.2. The normalized spacial score (nSPS) is 30.9. The summed E-state index contributed by atoms with van der Waals surface area (Å²) in [4.78, 5) is 26.0. The maximum atomic E-state index is 12.3. The highest BCUT2D eigenvalue weighted by molar-refractivity contribution is 6.05. The van der Waals surface area contributed by atoms with Crippen molar-refractivity contribution in [1.29, 1.82) is 0 Å². The Morgan fingerprint density at radius 2 is 1.61 bits per heavy atom. The zero-order valence-corrected chi connectivity index (χ0v) is 10.9.